The van der Waals surface area contributed by atoms with Gasteiger partial charge >= 0.3 is 0 Å². The number of hydrogen-bond donors (Lipinski definition) is 3. The summed E-state index contributed by atoms with van der Waals surface area (Å²) in [5.74, 6) is -0.0833. The molecule has 5 nitrogen and oxygen atoms in total. The third-order valence-corrected chi connectivity index (χ3v) is 3.40. The third kappa shape index (κ3) is 2.86. The average molecular weight is 280 g/mol. The number of amides is 1. The molecule has 106 valence electrons. The number of pyridine rings is 1. The van der Waals surface area contributed by atoms with E-state index in [-0.39, 0.29) is 5.91 Å². The molecule has 0 aliphatic rings. The number of anilines is 1. The van der Waals surface area contributed by atoms with Crippen LogP contribution in [0.5, 0.6) is 0 Å². The lowest BCUT2D eigenvalue weighted by Crippen LogP contribution is -2.25. The van der Waals surface area contributed by atoms with Crippen LogP contribution >= 0.6 is 0 Å². The predicted molar refractivity (Wildman–Crippen MR) is 83.0 cm³/mol. The van der Waals surface area contributed by atoms with E-state index in [0.29, 0.717) is 17.8 Å². The van der Waals surface area contributed by atoms with Crippen LogP contribution in [0, 0.1) is 0 Å². The Kier molecular flexibility index (Phi) is 3.55. The Bertz CT molecular complexity index is 764. The molecular weight excluding hydrogens is 264 g/mol. The van der Waals surface area contributed by atoms with Crippen LogP contribution in [0.1, 0.15) is 15.9 Å². The van der Waals surface area contributed by atoms with Gasteiger partial charge in [0.05, 0.1) is 5.56 Å². The van der Waals surface area contributed by atoms with Crippen molar-refractivity contribution in [3.63, 3.8) is 0 Å². The van der Waals surface area contributed by atoms with Crippen molar-refractivity contribution in [3.8, 4) is 0 Å². The fourth-order valence-electron chi connectivity index (χ4n) is 2.30. The SMILES string of the molecule is Nc1ccc2c(C(=O)NCCc3ccncc3)c[nH]c2c1. The van der Waals surface area contributed by atoms with Crippen LogP contribution in [0.3, 0.4) is 0 Å². The van der Waals surface area contributed by atoms with Crippen molar-refractivity contribution in [2.45, 2.75) is 6.42 Å². The molecule has 0 radical (unpaired) electrons. The first-order chi connectivity index (χ1) is 10.2. The maximum atomic E-state index is 12.2. The van der Waals surface area contributed by atoms with E-state index in [0.717, 1.165) is 22.9 Å². The van der Waals surface area contributed by atoms with Crippen molar-refractivity contribution in [3.05, 3.63) is 60.0 Å². The number of nitrogen functional groups attached to an aromatic ring is 1. The monoisotopic (exact) mass is 280 g/mol. The fourth-order valence-corrected chi connectivity index (χ4v) is 2.30. The number of nitrogens with zero attached hydrogens (tertiary/aromatic N) is 1. The number of carbonyl (C=O) groups excluding carboxylic acids is 1. The van der Waals surface area contributed by atoms with Gasteiger partial charge in [0, 0.05) is 41.7 Å². The average Bonchev–Trinajstić information content (AvgIpc) is 2.91. The van der Waals surface area contributed by atoms with Crippen LogP contribution in [0.15, 0.2) is 48.9 Å². The van der Waals surface area contributed by atoms with Crippen LogP contribution in [0.4, 0.5) is 5.69 Å². The van der Waals surface area contributed by atoms with Crippen molar-refractivity contribution in [1.29, 1.82) is 0 Å². The molecule has 0 unspecified atom stereocenters. The summed E-state index contributed by atoms with van der Waals surface area (Å²) in [4.78, 5) is 19.3. The molecule has 2 heterocycles. The highest BCUT2D eigenvalue weighted by atomic mass is 16.1. The standard InChI is InChI=1S/C16H16N4O/c17-12-1-2-13-14(10-20-15(13)9-12)16(21)19-8-5-11-3-6-18-7-4-11/h1-4,6-7,9-10,20H,5,8,17H2,(H,19,21). The maximum absolute atomic E-state index is 12.2. The Hall–Kier alpha value is -2.82. The lowest BCUT2D eigenvalue weighted by Gasteiger charge is -2.04. The van der Waals surface area contributed by atoms with E-state index in [1.54, 1.807) is 24.7 Å². The number of fused-ring (bicyclic) bond motifs is 1. The number of H-pyrrole nitrogens is 1. The number of nitrogens with two attached hydrogens (primary N) is 1. The van der Waals surface area contributed by atoms with Crippen LogP contribution in [-0.2, 0) is 6.42 Å². The lowest BCUT2D eigenvalue weighted by atomic mass is 10.1. The molecule has 3 rings (SSSR count). The first-order valence-electron chi connectivity index (χ1n) is 6.78. The highest BCUT2D eigenvalue weighted by molar-refractivity contribution is 6.07. The second-order valence-corrected chi connectivity index (χ2v) is 4.87. The van der Waals surface area contributed by atoms with Crippen LogP contribution < -0.4 is 11.1 Å². The van der Waals surface area contributed by atoms with Crippen molar-refractivity contribution in [2.75, 3.05) is 12.3 Å². The van der Waals surface area contributed by atoms with Crippen LogP contribution in [0.25, 0.3) is 10.9 Å². The van der Waals surface area contributed by atoms with Crippen LogP contribution in [-0.4, -0.2) is 22.4 Å². The zero-order valence-corrected chi connectivity index (χ0v) is 11.5. The molecule has 1 amide bonds. The Balaban J connectivity index is 1.67. The number of benzene rings is 1. The largest absolute Gasteiger partial charge is 0.399 e. The van der Waals surface area contributed by atoms with E-state index in [9.17, 15) is 4.79 Å². The zero-order chi connectivity index (χ0) is 14.7. The Morgan fingerprint density at radius 1 is 1.24 bits per heavy atom. The number of nitrogens with one attached hydrogen (secondary N) is 2. The molecule has 0 aliphatic carbocycles. The summed E-state index contributed by atoms with van der Waals surface area (Å²) < 4.78 is 0. The van der Waals surface area contributed by atoms with E-state index in [1.807, 2.05) is 24.3 Å². The molecule has 4 N–H and O–H groups in total. The van der Waals surface area contributed by atoms with Gasteiger partial charge in [-0.3, -0.25) is 9.78 Å². The Morgan fingerprint density at radius 2 is 2.05 bits per heavy atom. The van der Waals surface area contributed by atoms with Crippen molar-refractivity contribution < 1.29 is 4.79 Å². The van der Waals surface area contributed by atoms with Crippen molar-refractivity contribution >= 4 is 22.5 Å². The summed E-state index contributed by atoms with van der Waals surface area (Å²) in [5.41, 5.74) is 9.06. The number of aromatic nitrogens is 2. The molecule has 2 aromatic heterocycles. The minimum absolute atomic E-state index is 0.0833. The van der Waals surface area contributed by atoms with E-state index >= 15 is 0 Å². The van der Waals surface area contributed by atoms with Crippen LogP contribution in [0.2, 0.25) is 0 Å². The van der Waals surface area contributed by atoms with Gasteiger partial charge < -0.3 is 16.0 Å². The molecule has 5 heteroatoms. The van der Waals surface area contributed by atoms with Gasteiger partial charge in [0.2, 0.25) is 0 Å². The molecule has 0 saturated carbocycles. The van der Waals surface area contributed by atoms with Crippen molar-refractivity contribution in [2.24, 2.45) is 0 Å². The Morgan fingerprint density at radius 3 is 2.86 bits per heavy atom. The molecule has 21 heavy (non-hydrogen) atoms. The first kappa shape index (κ1) is 13.2. The highest BCUT2D eigenvalue weighted by Crippen LogP contribution is 2.20. The second-order valence-electron chi connectivity index (χ2n) is 4.87. The van der Waals surface area contributed by atoms with E-state index in [4.69, 9.17) is 5.73 Å². The smallest absolute Gasteiger partial charge is 0.253 e. The minimum atomic E-state index is -0.0833. The topological polar surface area (TPSA) is 83.8 Å². The maximum Gasteiger partial charge on any atom is 0.253 e. The molecular formula is C16H16N4O. The second kappa shape index (κ2) is 5.66. The van der Waals surface area contributed by atoms with Gasteiger partial charge in [0.25, 0.3) is 5.91 Å². The summed E-state index contributed by atoms with van der Waals surface area (Å²) in [6.45, 7) is 0.588. The molecule has 0 aliphatic heterocycles. The van der Waals surface area contributed by atoms with Gasteiger partial charge in [0.1, 0.15) is 0 Å². The van der Waals surface area contributed by atoms with Gasteiger partial charge in [-0.25, -0.2) is 0 Å². The highest BCUT2D eigenvalue weighted by Gasteiger charge is 2.11. The number of aromatic amines is 1. The fraction of sp³-hybridized carbons (Fsp3) is 0.125. The van der Waals surface area contributed by atoms with Crippen molar-refractivity contribution in [1.82, 2.24) is 15.3 Å². The van der Waals surface area contributed by atoms with E-state index in [1.165, 1.54) is 0 Å². The van der Waals surface area contributed by atoms with Gasteiger partial charge in [-0.2, -0.15) is 0 Å². The quantitative estimate of drug-likeness (QED) is 0.640. The molecule has 0 spiro atoms. The lowest BCUT2D eigenvalue weighted by molar-refractivity contribution is 0.0956. The molecule has 0 saturated heterocycles. The van der Waals surface area contributed by atoms with Gasteiger partial charge in [-0.15, -0.1) is 0 Å². The van der Waals surface area contributed by atoms with Gasteiger partial charge in [-0.05, 0) is 42.3 Å². The predicted octanol–water partition coefficient (Wildman–Crippen LogP) is 2.12. The van der Waals surface area contributed by atoms with E-state index in [2.05, 4.69) is 15.3 Å². The minimum Gasteiger partial charge on any atom is -0.399 e. The summed E-state index contributed by atoms with van der Waals surface area (Å²) >= 11 is 0. The normalized spacial score (nSPS) is 10.7. The molecule has 1 aromatic carbocycles. The number of hydrogen-bond acceptors (Lipinski definition) is 3. The summed E-state index contributed by atoms with van der Waals surface area (Å²) in [6, 6.07) is 9.37. The number of rotatable bonds is 4. The molecule has 3 aromatic rings. The van der Waals surface area contributed by atoms with E-state index < -0.39 is 0 Å². The summed E-state index contributed by atoms with van der Waals surface area (Å²) in [5, 5.41) is 3.81. The first-order valence-corrected chi connectivity index (χ1v) is 6.78. The third-order valence-electron chi connectivity index (χ3n) is 3.40. The summed E-state index contributed by atoms with van der Waals surface area (Å²) in [7, 11) is 0. The van der Waals surface area contributed by atoms with Gasteiger partial charge in [0.15, 0.2) is 0 Å². The molecule has 0 bridgehead atoms. The number of carbonyl (C=O) groups is 1. The molecule has 0 fully saturated rings. The molecule has 0 atom stereocenters. The van der Waals surface area contributed by atoms with Gasteiger partial charge in [-0.1, -0.05) is 0 Å². The zero-order valence-electron chi connectivity index (χ0n) is 11.5. The summed E-state index contributed by atoms with van der Waals surface area (Å²) in [6.07, 6.45) is 6.00. The Labute approximate surface area is 122 Å².